The maximum atomic E-state index is 13.3. The number of carboxylic acid groups (broad SMARTS) is 1. The van der Waals surface area contributed by atoms with Crippen molar-refractivity contribution in [1.82, 2.24) is 9.97 Å². The number of Topliss-reactive ketones (excluding diaryl/α,β-unsaturated/α-hetero) is 1. The number of thiazole rings is 1. The molecule has 186 valence electrons. The molecule has 0 radical (unpaired) electrons. The molecule has 1 amide bonds. The van der Waals surface area contributed by atoms with Crippen LogP contribution in [0.4, 0.5) is 5.13 Å². The number of aliphatic hydroxyl groups excluding tert-OH is 1. The number of aliphatic hydroxyl groups is 1. The first-order valence-corrected chi connectivity index (χ1v) is 12.2. The van der Waals surface area contributed by atoms with Gasteiger partial charge in [-0.3, -0.25) is 19.5 Å². The number of ether oxygens (including phenoxy) is 1. The zero-order valence-corrected chi connectivity index (χ0v) is 20.6. The number of benzene rings is 2. The average molecular weight is 516 g/mol. The van der Waals surface area contributed by atoms with Crippen LogP contribution in [0.25, 0.3) is 16.0 Å². The molecule has 1 unspecified atom stereocenters. The highest BCUT2D eigenvalue weighted by Crippen LogP contribution is 2.43. The van der Waals surface area contributed by atoms with Crippen LogP contribution in [0.5, 0.6) is 5.75 Å². The van der Waals surface area contributed by atoms with Crippen LogP contribution in [-0.2, 0) is 9.59 Å². The molecule has 10 heteroatoms. The SMILES string of the molecule is CC(C)Oc1ccc(/C(O)=C2\C(=O)C(=O)N(c3nc4ccc(C(=O)O)cc4s3)C2c2ccccn2)cc1. The molecule has 0 bridgehead atoms. The fraction of sp³-hybridized carbons (Fsp3) is 0.148. The molecule has 1 aliphatic heterocycles. The van der Waals surface area contributed by atoms with Gasteiger partial charge in [-0.1, -0.05) is 17.4 Å². The highest BCUT2D eigenvalue weighted by Gasteiger charge is 2.48. The summed E-state index contributed by atoms with van der Waals surface area (Å²) in [6.45, 7) is 3.79. The number of pyridine rings is 1. The summed E-state index contributed by atoms with van der Waals surface area (Å²) in [5.41, 5.74) is 1.15. The van der Waals surface area contributed by atoms with Crippen molar-refractivity contribution in [3.63, 3.8) is 0 Å². The first-order valence-electron chi connectivity index (χ1n) is 11.4. The minimum atomic E-state index is -1.09. The normalized spacial score (nSPS) is 17.1. The molecule has 2 aromatic heterocycles. The van der Waals surface area contributed by atoms with Crippen molar-refractivity contribution in [2.75, 3.05) is 4.90 Å². The number of anilines is 1. The Morgan fingerprint density at radius 2 is 1.76 bits per heavy atom. The minimum absolute atomic E-state index is 0.0330. The van der Waals surface area contributed by atoms with Crippen LogP contribution >= 0.6 is 11.3 Å². The molecular weight excluding hydrogens is 494 g/mol. The lowest BCUT2D eigenvalue weighted by Crippen LogP contribution is -2.29. The molecule has 1 saturated heterocycles. The predicted octanol–water partition coefficient (Wildman–Crippen LogP) is 4.80. The van der Waals surface area contributed by atoms with Gasteiger partial charge in [0.25, 0.3) is 5.78 Å². The molecule has 2 N–H and O–H groups in total. The Bertz CT molecular complexity index is 1560. The molecule has 0 saturated carbocycles. The number of aromatic nitrogens is 2. The summed E-state index contributed by atoms with van der Waals surface area (Å²) in [5.74, 6) is -2.57. The highest BCUT2D eigenvalue weighted by molar-refractivity contribution is 7.22. The van der Waals surface area contributed by atoms with Gasteiger partial charge in [-0.15, -0.1) is 0 Å². The smallest absolute Gasteiger partial charge is 0.335 e. The third-order valence-electron chi connectivity index (χ3n) is 5.74. The zero-order valence-electron chi connectivity index (χ0n) is 19.8. The Hall–Kier alpha value is -4.57. The first kappa shape index (κ1) is 24.1. The number of hydrogen-bond acceptors (Lipinski definition) is 8. The molecule has 2 aromatic carbocycles. The quantitative estimate of drug-likeness (QED) is 0.213. The number of rotatable bonds is 6. The van der Waals surface area contributed by atoms with E-state index in [1.165, 1.54) is 23.2 Å². The average Bonchev–Trinajstić information content (AvgIpc) is 3.42. The Balaban J connectivity index is 1.64. The summed E-state index contributed by atoms with van der Waals surface area (Å²) in [5, 5.41) is 20.8. The lowest BCUT2D eigenvalue weighted by Gasteiger charge is -2.22. The number of amides is 1. The number of carbonyl (C=O) groups is 3. The minimum Gasteiger partial charge on any atom is -0.507 e. The van der Waals surface area contributed by atoms with Crippen molar-refractivity contribution in [3.8, 4) is 5.75 Å². The number of nitrogens with zero attached hydrogens (tertiary/aromatic N) is 3. The molecule has 37 heavy (non-hydrogen) atoms. The van der Waals surface area contributed by atoms with Gasteiger partial charge in [0.2, 0.25) is 0 Å². The van der Waals surface area contributed by atoms with E-state index in [1.54, 1.807) is 48.5 Å². The second-order valence-electron chi connectivity index (χ2n) is 8.60. The van der Waals surface area contributed by atoms with Crippen molar-refractivity contribution >= 4 is 50.1 Å². The third kappa shape index (κ3) is 4.43. The third-order valence-corrected chi connectivity index (χ3v) is 6.76. The van der Waals surface area contributed by atoms with Gasteiger partial charge in [-0.25, -0.2) is 9.78 Å². The van der Waals surface area contributed by atoms with Gasteiger partial charge in [0.15, 0.2) is 5.13 Å². The first-order chi connectivity index (χ1) is 17.7. The van der Waals surface area contributed by atoms with Crippen molar-refractivity contribution in [3.05, 3.63) is 89.3 Å². The van der Waals surface area contributed by atoms with Crippen LogP contribution in [0.15, 0.2) is 72.4 Å². The van der Waals surface area contributed by atoms with E-state index < -0.39 is 23.7 Å². The van der Waals surface area contributed by atoms with E-state index in [1.807, 2.05) is 13.8 Å². The Morgan fingerprint density at radius 1 is 1.03 bits per heavy atom. The number of carbonyl (C=O) groups excluding carboxylic acids is 2. The van der Waals surface area contributed by atoms with Gasteiger partial charge in [-0.2, -0.15) is 0 Å². The number of hydrogen-bond donors (Lipinski definition) is 2. The van der Waals surface area contributed by atoms with E-state index in [0.717, 1.165) is 11.3 Å². The Kier molecular flexibility index (Phi) is 6.18. The Labute approximate surface area is 215 Å². The molecular formula is C27H21N3O6S. The van der Waals surface area contributed by atoms with Gasteiger partial charge in [0.05, 0.1) is 33.2 Å². The molecule has 0 aliphatic carbocycles. The molecule has 9 nitrogen and oxygen atoms in total. The molecule has 3 heterocycles. The number of fused-ring (bicyclic) bond motifs is 1. The van der Waals surface area contributed by atoms with Crippen LogP contribution in [0.1, 0.15) is 41.5 Å². The van der Waals surface area contributed by atoms with Crippen molar-refractivity contribution in [2.24, 2.45) is 0 Å². The van der Waals surface area contributed by atoms with Crippen molar-refractivity contribution in [2.45, 2.75) is 26.0 Å². The summed E-state index contributed by atoms with van der Waals surface area (Å²) in [7, 11) is 0. The summed E-state index contributed by atoms with van der Waals surface area (Å²) in [6, 6.07) is 15.1. The standard InChI is InChI=1S/C27H21N3O6S/c1-14(2)36-17-9-6-15(7-10-17)23(31)21-22(19-5-3-4-12-28-19)30(25(33)24(21)32)27-29-18-11-8-16(26(34)35)13-20(18)37-27/h3-14,22,31H,1-2H3,(H,34,35)/b23-21+. The van der Waals surface area contributed by atoms with Crippen LogP contribution < -0.4 is 9.64 Å². The van der Waals surface area contributed by atoms with Crippen molar-refractivity contribution < 1.29 is 29.3 Å². The monoisotopic (exact) mass is 515 g/mol. The van der Waals surface area contributed by atoms with Gasteiger partial charge >= 0.3 is 11.9 Å². The maximum Gasteiger partial charge on any atom is 0.335 e. The van der Waals surface area contributed by atoms with E-state index in [-0.39, 0.29) is 28.1 Å². The lowest BCUT2D eigenvalue weighted by molar-refractivity contribution is -0.132. The van der Waals surface area contributed by atoms with Gasteiger partial charge in [0, 0.05) is 11.8 Å². The van der Waals surface area contributed by atoms with E-state index >= 15 is 0 Å². The molecule has 1 aliphatic rings. The van der Waals surface area contributed by atoms with Crippen LogP contribution in [-0.4, -0.2) is 43.9 Å². The molecule has 1 atom stereocenters. The molecule has 1 fully saturated rings. The number of ketones is 1. The fourth-order valence-electron chi connectivity index (χ4n) is 4.11. The fourth-order valence-corrected chi connectivity index (χ4v) is 5.15. The number of aromatic carboxylic acids is 1. The maximum absolute atomic E-state index is 13.3. The molecule has 5 rings (SSSR count). The second kappa shape index (κ2) is 9.47. The van der Waals surface area contributed by atoms with Crippen LogP contribution in [0.2, 0.25) is 0 Å². The molecule has 0 spiro atoms. The van der Waals surface area contributed by atoms with E-state index in [0.29, 0.717) is 27.2 Å². The van der Waals surface area contributed by atoms with Gasteiger partial charge in [-0.05, 0) is 68.4 Å². The highest BCUT2D eigenvalue weighted by atomic mass is 32.1. The number of carboxylic acids is 1. The van der Waals surface area contributed by atoms with Crippen LogP contribution in [0.3, 0.4) is 0 Å². The zero-order chi connectivity index (χ0) is 26.3. The van der Waals surface area contributed by atoms with E-state index in [9.17, 15) is 24.6 Å². The predicted molar refractivity (Wildman–Crippen MR) is 138 cm³/mol. The molecule has 4 aromatic rings. The summed E-state index contributed by atoms with van der Waals surface area (Å²) in [4.78, 5) is 48.1. The second-order valence-corrected chi connectivity index (χ2v) is 9.61. The largest absolute Gasteiger partial charge is 0.507 e. The van der Waals surface area contributed by atoms with Gasteiger partial charge in [0.1, 0.15) is 17.6 Å². The summed E-state index contributed by atoms with van der Waals surface area (Å²) in [6.07, 6.45) is 1.50. The van der Waals surface area contributed by atoms with Crippen molar-refractivity contribution in [1.29, 1.82) is 0 Å². The van der Waals surface area contributed by atoms with E-state index in [4.69, 9.17) is 4.74 Å². The summed E-state index contributed by atoms with van der Waals surface area (Å²) < 4.78 is 6.19. The van der Waals surface area contributed by atoms with Crippen LogP contribution in [0, 0.1) is 0 Å². The Morgan fingerprint density at radius 3 is 2.41 bits per heavy atom. The lowest BCUT2D eigenvalue weighted by atomic mass is 9.98. The van der Waals surface area contributed by atoms with E-state index in [2.05, 4.69) is 9.97 Å². The summed E-state index contributed by atoms with van der Waals surface area (Å²) >= 11 is 1.08. The van der Waals surface area contributed by atoms with Gasteiger partial charge < -0.3 is 14.9 Å². The topological polar surface area (TPSA) is 130 Å².